The minimum absolute atomic E-state index is 0.0678. The van der Waals surface area contributed by atoms with Crippen LogP contribution in [0.3, 0.4) is 0 Å². The van der Waals surface area contributed by atoms with Gasteiger partial charge in [0.2, 0.25) is 12.1 Å². The normalized spacial score (nSPS) is 14.5. The number of nitrogen functional groups attached to an aromatic ring is 1. The Morgan fingerprint density at radius 3 is 2.66 bits per heavy atom. The lowest BCUT2D eigenvalue weighted by atomic mass is 9.83. The Morgan fingerprint density at radius 2 is 1.93 bits per heavy atom. The highest BCUT2D eigenvalue weighted by atomic mass is 16.5. The SMILES string of the molecule is COc1ccc([C@H]2c3ccc(O)cc3Oc3nc[n+](CCO)c(N)c32)cc1OC. The highest BCUT2D eigenvalue weighted by Gasteiger charge is 2.36. The Labute approximate surface area is 167 Å². The summed E-state index contributed by atoms with van der Waals surface area (Å²) in [7, 11) is 3.16. The van der Waals surface area contributed by atoms with E-state index in [0.29, 0.717) is 41.1 Å². The van der Waals surface area contributed by atoms with E-state index < -0.39 is 0 Å². The molecule has 0 saturated heterocycles. The number of phenols is 1. The van der Waals surface area contributed by atoms with E-state index in [9.17, 15) is 10.2 Å². The molecule has 0 radical (unpaired) electrons. The number of anilines is 1. The second-order valence-corrected chi connectivity index (χ2v) is 6.64. The lowest BCUT2D eigenvalue weighted by Crippen LogP contribution is -2.41. The van der Waals surface area contributed by atoms with Crippen LogP contribution in [0.15, 0.2) is 42.7 Å². The van der Waals surface area contributed by atoms with Crippen molar-refractivity contribution >= 4 is 5.82 Å². The number of phenolic OH excluding ortho intramolecular Hbond substituents is 1. The minimum Gasteiger partial charge on any atom is -0.508 e. The molecule has 0 spiro atoms. The van der Waals surface area contributed by atoms with Gasteiger partial charge in [0, 0.05) is 11.6 Å². The Bertz CT molecular complexity index is 1070. The second-order valence-electron chi connectivity index (χ2n) is 6.64. The number of aromatic hydroxyl groups is 1. The summed E-state index contributed by atoms with van der Waals surface area (Å²) in [6.45, 7) is 0.245. The van der Waals surface area contributed by atoms with Gasteiger partial charge in [-0.1, -0.05) is 17.1 Å². The molecule has 29 heavy (non-hydrogen) atoms. The van der Waals surface area contributed by atoms with Gasteiger partial charge in [-0.25, -0.2) is 4.57 Å². The van der Waals surface area contributed by atoms with Crippen LogP contribution < -0.4 is 24.5 Å². The summed E-state index contributed by atoms with van der Waals surface area (Å²) in [6, 6.07) is 10.6. The number of benzene rings is 2. The number of nitrogens with two attached hydrogens (primary N) is 1. The number of methoxy groups -OCH3 is 2. The van der Waals surface area contributed by atoms with E-state index in [1.165, 1.54) is 6.33 Å². The van der Waals surface area contributed by atoms with Crippen LogP contribution in [-0.2, 0) is 6.54 Å². The summed E-state index contributed by atoms with van der Waals surface area (Å²) >= 11 is 0. The van der Waals surface area contributed by atoms with Gasteiger partial charge in [0.1, 0.15) is 17.1 Å². The summed E-state index contributed by atoms with van der Waals surface area (Å²) in [5, 5.41) is 19.3. The van der Waals surface area contributed by atoms with E-state index in [2.05, 4.69) is 4.98 Å². The van der Waals surface area contributed by atoms with Crippen LogP contribution in [-0.4, -0.2) is 36.0 Å². The predicted octanol–water partition coefficient (Wildman–Crippen LogP) is 1.95. The van der Waals surface area contributed by atoms with E-state index in [0.717, 1.165) is 11.1 Å². The molecular formula is C21H22N3O5+. The number of rotatable bonds is 5. The molecule has 4 N–H and O–H groups in total. The first-order chi connectivity index (χ1) is 14.1. The zero-order chi connectivity index (χ0) is 20.5. The van der Waals surface area contributed by atoms with Gasteiger partial charge in [-0.05, 0) is 23.8 Å². The van der Waals surface area contributed by atoms with E-state index in [1.807, 2.05) is 18.2 Å². The number of hydrogen-bond donors (Lipinski definition) is 3. The van der Waals surface area contributed by atoms with Crippen molar-refractivity contribution in [3.05, 3.63) is 59.4 Å². The Balaban J connectivity index is 1.96. The molecule has 0 bridgehead atoms. The van der Waals surface area contributed by atoms with Crippen molar-refractivity contribution < 1.29 is 29.0 Å². The largest absolute Gasteiger partial charge is 0.508 e. The molecule has 0 unspecified atom stereocenters. The van der Waals surface area contributed by atoms with Gasteiger partial charge >= 0.3 is 5.88 Å². The Kier molecular flexibility index (Phi) is 4.85. The fraction of sp³-hybridized carbons (Fsp3) is 0.238. The monoisotopic (exact) mass is 396 g/mol. The zero-order valence-electron chi connectivity index (χ0n) is 16.1. The molecule has 2 heterocycles. The lowest BCUT2D eigenvalue weighted by Gasteiger charge is -2.27. The molecule has 150 valence electrons. The van der Waals surface area contributed by atoms with Crippen LogP contribution in [0.25, 0.3) is 0 Å². The van der Waals surface area contributed by atoms with Crippen molar-refractivity contribution in [3.8, 4) is 28.9 Å². The average Bonchev–Trinajstić information content (AvgIpc) is 2.73. The number of hydrogen-bond acceptors (Lipinski definition) is 7. The maximum absolute atomic E-state index is 9.92. The molecule has 1 aromatic heterocycles. The average molecular weight is 396 g/mol. The summed E-state index contributed by atoms with van der Waals surface area (Å²) in [5.74, 6) is 2.29. The van der Waals surface area contributed by atoms with Crippen LogP contribution in [0.4, 0.5) is 5.82 Å². The molecule has 1 aliphatic heterocycles. The highest BCUT2D eigenvalue weighted by Crippen LogP contribution is 2.49. The quantitative estimate of drug-likeness (QED) is 0.442. The van der Waals surface area contributed by atoms with Gasteiger partial charge in [0.05, 0.1) is 33.3 Å². The molecule has 1 aliphatic rings. The van der Waals surface area contributed by atoms with E-state index in [1.54, 1.807) is 37.0 Å². The van der Waals surface area contributed by atoms with Crippen LogP contribution >= 0.6 is 0 Å². The number of aliphatic hydroxyl groups excluding tert-OH is 1. The molecule has 4 rings (SSSR count). The smallest absolute Gasteiger partial charge is 0.306 e. The molecule has 2 aromatic carbocycles. The topological polar surface area (TPSA) is 111 Å². The highest BCUT2D eigenvalue weighted by molar-refractivity contribution is 5.63. The third-order valence-electron chi connectivity index (χ3n) is 5.02. The van der Waals surface area contributed by atoms with Gasteiger partial charge < -0.3 is 30.2 Å². The van der Waals surface area contributed by atoms with Crippen molar-refractivity contribution in [1.29, 1.82) is 0 Å². The first-order valence-electron chi connectivity index (χ1n) is 9.08. The first-order valence-corrected chi connectivity index (χ1v) is 9.08. The van der Waals surface area contributed by atoms with Gasteiger partial charge in [0.25, 0.3) is 0 Å². The van der Waals surface area contributed by atoms with E-state index in [-0.39, 0.29) is 18.3 Å². The summed E-state index contributed by atoms with van der Waals surface area (Å²) in [6.07, 6.45) is 1.53. The molecule has 1 atom stereocenters. The molecule has 0 fully saturated rings. The van der Waals surface area contributed by atoms with Crippen molar-refractivity contribution in [2.45, 2.75) is 12.5 Å². The van der Waals surface area contributed by atoms with Crippen molar-refractivity contribution in [2.75, 3.05) is 26.6 Å². The summed E-state index contributed by atoms with van der Waals surface area (Å²) in [5.41, 5.74) is 8.87. The molecular weight excluding hydrogens is 374 g/mol. The Morgan fingerprint density at radius 1 is 1.14 bits per heavy atom. The minimum atomic E-state index is -0.312. The maximum Gasteiger partial charge on any atom is 0.306 e. The van der Waals surface area contributed by atoms with Crippen LogP contribution in [0.2, 0.25) is 0 Å². The molecule has 0 aliphatic carbocycles. The van der Waals surface area contributed by atoms with Gasteiger partial charge in [-0.15, -0.1) is 0 Å². The van der Waals surface area contributed by atoms with Crippen molar-refractivity contribution in [2.24, 2.45) is 0 Å². The summed E-state index contributed by atoms with van der Waals surface area (Å²) < 4.78 is 18.5. The van der Waals surface area contributed by atoms with Crippen LogP contribution in [0, 0.1) is 0 Å². The molecule has 8 heteroatoms. The zero-order valence-corrected chi connectivity index (χ0v) is 16.1. The molecule has 0 amide bonds. The van der Waals surface area contributed by atoms with Gasteiger partial charge in [-0.3, -0.25) is 0 Å². The standard InChI is InChI=1S/C21H21N3O5/c1-27-15-6-3-12(9-17(15)28-2)18-14-5-4-13(26)10-16(14)29-21-19(18)20(22)24(7-8-25)11-23-21/h3-6,9-11,18,22,25-26H,7-8H2,1-2H3/p+1/t18-/m0/s1. The first kappa shape index (κ1) is 18.8. The van der Waals surface area contributed by atoms with Crippen LogP contribution in [0.5, 0.6) is 28.9 Å². The van der Waals surface area contributed by atoms with Gasteiger partial charge in [-0.2, -0.15) is 0 Å². The number of aromatic nitrogens is 2. The predicted molar refractivity (Wildman–Crippen MR) is 105 cm³/mol. The third-order valence-corrected chi connectivity index (χ3v) is 5.02. The van der Waals surface area contributed by atoms with Crippen molar-refractivity contribution in [3.63, 3.8) is 0 Å². The van der Waals surface area contributed by atoms with Crippen molar-refractivity contribution in [1.82, 2.24) is 4.98 Å². The second kappa shape index (κ2) is 7.48. The maximum atomic E-state index is 9.92. The number of aliphatic hydroxyl groups is 1. The third kappa shape index (κ3) is 3.17. The van der Waals surface area contributed by atoms with Crippen LogP contribution in [0.1, 0.15) is 22.6 Å². The van der Waals surface area contributed by atoms with E-state index in [4.69, 9.17) is 19.9 Å². The summed E-state index contributed by atoms with van der Waals surface area (Å²) in [4.78, 5) is 4.39. The fourth-order valence-electron chi connectivity index (χ4n) is 3.64. The number of fused-ring (bicyclic) bond motifs is 2. The number of nitrogens with zero attached hydrogens (tertiary/aromatic N) is 2. The fourth-order valence-corrected chi connectivity index (χ4v) is 3.64. The molecule has 0 saturated carbocycles. The molecule has 8 nitrogen and oxygen atoms in total. The lowest BCUT2D eigenvalue weighted by molar-refractivity contribution is -0.687. The van der Waals surface area contributed by atoms with Gasteiger partial charge in [0.15, 0.2) is 11.5 Å². The van der Waals surface area contributed by atoms with E-state index >= 15 is 0 Å². The number of ether oxygens (including phenoxy) is 3. The Hall–Kier alpha value is -3.52. The molecule has 3 aromatic rings.